The first kappa shape index (κ1) is 11.3. The minimum atomic E-state index is 0. The number of hydrogen-bond acceptors (Lipinski definition) is 1. The van der Waals surface area contributed by atoms with Crippen molar-refractivity contribution in [2.45, 2.75) is 0 Å². The summed E-state index contributed by atoms with van der Waals surface area (Å²) in [7, 11) is 0. The van der Waals surface area contributed by atoms with Crippen LogP contribution in [0, 0.1) is 5.21 Å². The standard InChI is InChI=1S/C5H5NO.Fe.H2O/c7-6-4-2-1-3-5-6;;/h1-5H;;1H2. The zero-order chi connectivity index (χ0) is 5.11. The van der Waals surface area contributed by atoms with Gasteiger partial charge in [-0.2, -0.15) is 4.73 Å². The van der Waals surface area contributed by atoms with E-state index < -0.39 is 0 Å². The van der Waals surface area contributed by atoms with Gasteiger partial charge in [-0.05, 0) is 0 Å². The van der Waals surface area contributed by atoms with E-state index >= 15 is 0 Å². The Hall–Kier alpha value is -0.571. The van der Waals surface area contributed by atoms with Gasteiger partial charge in [-0.3, -0.25) is 0 Å². The summed E-state index contributed by atoms with van der Waals surface area (Å²) < 4.78 is 0.750. The van der Waals surface area contributed by atoms with Crippen LogP contribution in [-0.2, 0) is 17.1 Å². The van der Waals surface area contributed by atoms with Crippen molar-refractivity contribution < 1.29 is 27.3 Å². The fourth-order valence-electron chi connectivity index (χ4n) is 0.383. The number of pyridine rings is 1. The Balaban J connectivity index is 0. The molecule has 0 aromatic carbocycles. The molecule has 3 nitrogen and oxygen atoms in total. The third-order valence-electron chi connectivity index (χ3n) is 0.688. The van der Waals surface area contributed by atoms with Crippen molar-refractivity contribution in [3.8, 4) is 0 Å². The van der Waals surface area contributed by atoms with Crippen LogP contribution < -0.4 is 4.73 Å². The molecular weight excluding hydrogens is 162 g/mol. The van der Waals surface area contributed by atoms with Gasteiger partial charge < -0.3 is 10.7 Å². The molecule has 2 N–H and O–H groups in total. The molecule has 0 atom stereocenters. The van der Waals surface area contributed by atoms with Gasteiger partial charge in [0.15, 0.2) is 12.4 Å². The second kappa shape index (κ2) is 5.56. The monoisotopic (exact) mass is 169 g/mol. The molecule has 52 valence electrons. The first-order valence-corrected chi connectivity index (χ1v) is 2.03. The maximum atomic E-state index is 10.2. The largest absolute Gasteiger partial charge is 0.619 e. The van der Waals surface area contributed by atoms with Gasteiger partial charge in [0.05, 0.1) is 0 Å². The molecule has 0 bridgehead atoms. The van der Waals surface area contributed by atoms with Gasteiger partial charge in [-0.1, -0.05) is 6.07 Å². The number of hydrogen-bond donors (Lipinski definition) is 0. The molecule has 0 spiro atoms. The summed E-state index contributed by atoms with van der Waals surface area (Å²) >= 11 is 0. The normalized spacial score (nSPS) is 6.67. The minimum Gasteiger partial charge on any atom is -0.619 e. The van der Waals surface area contributed by atoms with Crippen LogP contribution in [0.15, 0.2) is 30.6 Å². The molecule has 1 aromatic rings. The molecule has 0 saturated heterocycles. The molecule has 0 aliphatic carbocycles. The van der Waals surface area contributed by atoms with Crippen molar-refractivity contribution in [2.24, 2.45) is 0 Å². The molecule has 0 amide bonds. The topological polar surface area (TPSA) is 58.4 Å². The second-order valence-electron chi connectivity index (χ2n) is 1.24. The van der Waals surface area contributed by atoms with Crippen molar-refractivity contribution >= 4 is 0 Å². The number of rotatable bonds is 0. The van der Waals surface area contributed by atoms with E-state index in [1.54, 1.807) is 18.2 Å². The van der Waals surface area contributed by atoms with E-state index in [0.717, 1.165) is 4.73 Å². The fraction of sp³-hybridized carbons (Fsp3) is 0. The van der Waals surface area contributed by atoms with Crippen molar-refractivity contribution in [3.05, 3.63) is 35.8 Å². The molecule has 0 unspecified atom stereocenters. The Morgan fingerprint density at radius 2 is 1.44 bits per heavy atom. The van der Waals surface area contributed by atoms with Crippen LogP contribution in [0.25, 0.3) is 0 Å². The van der Waals surface area contributed by atoms with Crippen LogP contribution >= 0.6 is 0 Å². The van der Waals surface area contributed by atoms with Gasteiger partial charge in [0.2, 0.25) is 0 Å². The molecule has 1 rings (SSSR count). The van der Waals surface area contributed by atoms with Gasteiger partial charge in [0.1, 0.15) is 0 Å². The van der Waals surface area contributed by atoms with E-state index in [1.165, 1.54) is 12.4 Å². The minimum absolute atomic E-state index is 0. The summed E-state index contributed by atoms with van der Waals surface area (Å²) in [6.07, 6.45) is 2.89. The quantitative estimate of drug-likeness (QED) is 0.293. The van der Waals surface area contributed by atoms with Gasteiger partial charge in [-0.15, -0.1) is 0 Å². The third kappa shape index (κ3) is 3.97. The van der Waals surface area contributed by atoms with Crippen molar-refractivity contribution in [3.63, 3.8) is 0 Å². The Morgan fingerprint density at radius 3 is 1.67 bits per heavy atom. The summed E-state index contributed by atoms with van der Waals surface area (Å²) in [6, 6.07) is 5.18. The Bertz CT molecular complexity index is 145. The van der Waals surface area contributed by atoms with Gasteiger partial charge in [0.25, 0.3) is 0 Å². The van der Waals surface area contributed by atoms with Gasteiger partial charge >= 0.3 is 0 Å². The Morgan fingerprint density at radius 1 is 1.00 bits per heavy atom. The maximum absolute atomic E-state index is 10.2. The zero-order valence-corrected chi connectivity index (χ0v) is 5.70. The molecule has 1 heterocycles. The molecule has 0 aliphatic rings. The van der Waals surface area contributed by atoms with Crippen LogP contribution in [0.3, 0.4) is 0 Å². The zero-order valence-electron chi connectivity index (χ0n) is 4.60. The van der Waals surface area contributed by atoms with Crippen LogP contribution in [0.4, 0.5) is 0 Å². The van der Waals surface area contributed by atoms with Crippen LogP contribution in [0.1, 0.15) is 0 Å². The average Bonchev–Trinajstić information content (AvgIpc) is 1.69. The first-order chi connectivity index (χ1) is 3.39. The SMILES string of the molecule is O.[Fe].[O-][n+]1ccccc1. The summed E-state index contributed by atoms with van der Waals surface area (Å²) in [5.41, 5.74) is 0. The van der Waals surface area contributed by atoms with E-state index in [2.05, 4.69) is 0 Å². The van der Waals surface area contributed by atoms with Crippen LogP contribution in [-0.4, -0.2) is 5.48 Å². The van der Waals surface area contributed by atoms with E-state index in [1.807, 2.05) is 0 Å². The average molecular weight is 169 g/mol. The Kier molecular flexibility index (Phi) is 6.96. The number of nitrogens with zero attached hydrogens (tertiary/aromatic N) is 1. The molecule has 0 fully saturated rings. The fourth-order valence-corrected chi connectivity index (χ4v) is 0.383. The molecule has 1 aromatic heterocycles. The maximum Gasteiger partial charge on any atom is 0.180 e. The van der Waals surface area contributed by atoms with Crippen LogP contribution in [0.5, 0.6) is 0 Å². The number of aromatic nitrogens is 1. The molecule has 0 aliphatic heterocycles. The smallest absolute Gasteiger partial charge is 0.180 e. The predicted octanol–water partition coefficient (Wildman–Crippen LogP) is -0.507. The van der Waals surface area contributed by atoms with E-state index in [-0.39, 0.29) is 22.5 Å². The van der Waals surface area contributed by atoms with Crippen molar-refractivity contribution in [1.82, 2.24) is 0 Å². The molecule has 0 radical (unpaired) electrons. The predicted molar refractivity (Wildman–Crippen MR) is 29.0 cm³/mol. The second-order valence-corrected chi connectivity index (χ2v) is 1.24. The van der Waals surface area contributed by atoms with E-state index in [0.29, 0.717) is 0 Å². The van der Waals surface area contributed by atoms with E-state index in [4.69, 9.17) is 0 Å². The van der Waals surface area contributed by atoms with Gasteiger partial charge in [0, 0.05) is 29.2 Å². The summed E-state index contributed by atoms with van der Waals surface area (Å²) in [5, 5.41) is 10.2. The van der Waals surface area contributed by atoms with Crippen LogP contribution in [0.2, 0.25) is 0 Å². The molecular formula is C5H7FeNO2. The summed E-state index contributed by atoms with van der Waals surface area (Å²) in [4.78, 5) is 0. The Labute approximate surface area is 63.7 Å². The summed E-state index contributed by atoms with van der Waals surface area (Å²) in [6.45, 7) is 0. The van der Waals surface area contributed by atoms with Crippen molar-refractivity contribution in [1.29, 1.82) is 0 Å². The van der Waals surface area contributed by atoms with E-state index in [9.17, 15) is 5.21 Å². The molecule has 9 heavy (non-hydrogen) atoms. The third-order valence-corrected chi connectivity index (χ3v) is 0.688. The molecule has 0 saturated carbocycles. The molecule has 4 heteroatoms. The van der Waals surface area contributed by atoms with Gasteiger partial charge in [-0.25, -0.2) is 0 Å². The van der Waals surface area contributed by atoms with Crippen molar-refractivity contribution in [2.75, 3.05) is 0 Å². The summed E-state index contributed by atoms with van der Waals surface area (Å²) in [5.74, 6) is 0. The first-order valence-electron chi connectivity index (χ1n) is 2.03.